The fraction of sp³-hybridized carbons (Fsp3) is 0.375. The second-order valence-corrected chi connectivity index (χ2v) is 9.25. The van der Waals surface area contributed by atoms with Gasteiger partial charge in [-0.1, -0.05) is 24.3 Å². The lowest BCUT2D eigenvalue weighted by Gasteiger charge is -2.26. The lowest BCUT2D eigenvalue weighted by atomic mass is 10.1. The number of hydrogen-bond donors (Lipinski definition) is 1. The third-order valence-electron chi connectivity index (χ3n) is 5.84. The Kier molecular flexibility index (Phi) is 6.81. The normalized spacial score (nSPS) is 14.6. The zero-order valence-electron chi connectivity index (χ0n) is 18.5. The van der Waals surface area contributed by atoms with Crippen LogP contribution < -0.4 is 16.6 Å². The van der Waals surface area contributed by atoms with Crippen molar-refractivity contribution >= 4 is 34.3 Å². The van der Waals surface area contributed by atoms with Crippen molar-refractivity contribution in [1.82, 2.24) is 14.0 Å². The Morgan fingerprint density at radius 2 is 1.81 bits per heavy atom. The number of benzene rings is 2. The minimum atomic E-state index is -0.472. The second-order valence-electron chi connectivity index (χ2n) is 8.02. The monoisotopic (exact) mass is 452 g/mol. The first-order valence-electron chi connectivity index (χ1n) is 10.9. The third-order valence-corrected chi connectivity index (χ3v) is 6.78. The molecule has 1 aromatic heterocycles. The Balaban J connectivity index is 1.58. The van der Waals surface area contributed by atoms with Gasteiger partial charge < -0.3 is 5.32 Å². The van der Waals surface area contributed by atoms with Gasteiger partial charge in [-0.2, -0.15) is 11.8 Å². The van der Waals surface area contributed by atoms with E-state index in [1.165, 1.54) is 9.13 Å². The van der Waals surface area contributed by atoms with E-state index in [4.69, 9.17) is 0 Å². The summed E-state index contributed by atoms with van der Waals surface area (Å²) in [6.07, 6.45) is 0. The lowest BCUT2D eigenvalue weighted by molar-refractivity contribution is -0.116. The third kappa shape index (κ3) is 4.66. The maximum absolute atomic E-state index is 12.9. The fourth-order valence-corrected chi connectivity index (χ4v) is 5.03. The van der Waals surface area contributed by atoms with E-state index in [2.05, 4.69) is 16.3 Å². The van der Waals surface area contributed by atoms with E-state index in [1.54, 1.807) is 31.2 Å². The highest BCUT2D eigenvalue weighted by atomic mass is 32.2. The van der Waals surface area contributed by atoms with Crippen LogP contribution in [0.1, 0.15) is 18.1 Å². The second kappa shape index (κ2) is 9.75. The summed E-state index contributed by atoms with van der Waals surface area (Å²) in [4.78, 5) is 40.9. The summed E-state index contributed by atoms with van der Waals surface area (Å²) in [5.74, 6) is 2.00. The van der Waals surface area contributed by atoms with E-state index in [9.17, 15) is 14.4 Å². The summed E-state index contributed by atoms with van der Waals surface area (Å²) in [5, 5.41) is 3.40. The molecule has 0 bridgehead atoms. The first-order valence-corrected chi connectivity index (χ1v) is 12.0. The van der Waals surface area contributed by atoms with E-state index in [0.29, 0.717) is 10.9 Å². The van der Waals surface area contributed by atoms with E-state index in [-0.39, 0.29) is 24.6 Å². The van der Waals surface area contributed by atoms with E-state index in [1.807, 2.05) is 30.8 Å². The molecule has 1 fully saturated rings. The first kappa shape index (κ1) is 22.4. The number of nitrogens with one attached hydrogen (secondary N) is 1. The molecule has 0 aliphatic carbocycles. The molecule has 1 aliphatic heterocycles. The lowest BCUT2D eigenvalue weighted by Crippen LogP contribution is -2.41. The van der Waals surface area contributed by atoms with Crippen molar-refractivity contribution in [3.05, 3.63) is 74.4 Å². The number of fused-ring (bicyclic) bond motifs is 1. The van der Waals surface area contributed by atoms with Crippen LogP contribution in [0, 0.1) is 6.92 Å². The van der Waals surface area contributed by atoms with Crippen LogP contribution in [0.2, 0.25) is 0 Å². The summed E-state index contributed by atoms with van der Waals surface area (Å²) in [6, 6.07) is 13.0. The highest BCUT2D eigenvalue weighted by Crippen LogP contribution is 2.20. The highest BCUT2D eigenvalue weighted by molar-refractivity contribution is 7.99. The number of carbonyl (C=O) groups excluding carboxylic acids is 1. The highest BCUT2D eigenvalue weighted by Gasteiger charge is 2.16. The average Bonchev–Trinajstić information content (AvgIpc) is 2.80. The predicted molar refractivity (Wildman–Crippen MR) is 131 cm³/mol. The molecule has 2 heterocycles. The molecule has 7 nitrogen and oxygen atoms in total. The minimum absolute atomic E-state index is 0.160. The summed E-state index contributed by atoms with van der Waals surface area (Å²) >= 11 is 1.98. The van der Waals surface area contributed by atoms with Crippen LogP contribution in [0.25, 0.3) is 10.9 Å². The van der Waals surface area contributed by atoms with Gasteiger partial charge in [-0.05, 0) is 43.2 Å². The van der Waals surface area contributed by atoms with Gasteiger partial charge in [0.2, 0.25) is 5.91 Å². The molecule has 2 aromatic carbocycles. The van der Waals surface area contributed by atoms with Crippen LogP contribution in [-0.2, 0) is 24.4 Å². The van der Waals surface area contributed by atoms with E-state index in [0.717, 1.165) is 48.0 Å². The largest absolute Gasteiger partial charge is 0.331 e. The zero-order valence-corrected chi connectivity index (χ0v) is 19.3. The predicted octanol–water partition coefficient (Wildman–Crippen LogP) is 2.68. The van der Waals surface area contributed by atoms with Gasteiger partial charge in [0, 0.05) is 43.4 Å². The molecule has 1 amide bonds. The molecule has 1 aliphatic rings. The van der Waals surface area contributed by atoms with Crippen molar-refractivity contribution in [1.29, 1.82) is 0 Å². The van der Waals surface area contributed by atoms with Crippen molar-refractivity contribution in [3.63, 3.8) is 0 Å². The average molecular weight is 453 g/mol. The number of aryl methyl sites for hydroxylation is 1. The molecule has 1 N–H and O–H groups in total. The summed E-state index contributed by atoms with van der Waals surface area (Å²) in [6.45, 7) is 6.79. The van der Waals surface area contributed by atoms with Gasteiger partial charge in [0.05, 0.1) is 10.9 Å². The Bertz CT molecular complexity index is 1260. The fourth-order valence-electron chi connectivity index (χ4n) is 4.06. The van der Waals surface area contributed by atoms with E-state index >= 15 is 0 Å². The maximum Gasteiger partial charge on any atom is 0.331 e. The Labute approximate surface area is 191 Å². The first-order chi connectivity index (χ1) is 15.5. The van der Waals surface area contributed by atoms with Crippen LogP contribution in [0.3, 0.4) is 0 Å². The number of hydrogen-bond acceptors (Lipinski definition) is 5. The summed E-state index contributed by atoms with van der Waals surface area (Å²) in [7, 11) is 0. The van der Waals surface area contributed by atoms with Crippen LogP contribution in [0.15, 0.2) is 52.1 Å². The summed E-state index contributed by atoms with van der Waals surface area (Å²) < 4.78 is 2.54. The molecular formula is C24H28N4O3S. The van der Waals surface area contributed by atoms with Gasteiger partial charge in [0.25, 0.3) is 5.56 Å². The van der Waals surface area contributed by atoms with Crippen LogP contribution in [0.4, 0.5) is 5.69 Å². The zero-order chi connectivity index (χ0) is 22.7. The number of nitrogens with zero attached hydrogens (tertiary/aromatic N) is 3. The van der Waals surface area contributed by atoms with Crippen molar-refractivity contribution in [3.8, 4) is 0 Å². The van der Waals surface area contributed by atoms with Crippen LogP contribution >= 0.6 is 11.8 Å². The number of thioether (sulfide) groups is 1. The molecule has 0 radical (unpaired) electrons. The Morgan fingerprint density at radius 3 is 2.56 bits per heavy atom. The number of aromatic nitrogens is 2. The number of rotatable bonds is 6. The van der Waals surface area contributed by atoms with E-state index < -0.39 is 5.69 Å². The quantitative estimate of drug-likeness (QED) is 0.622. The van der Waals surface area contributed by atoms with Crippen LogP contribution in [-0.4, -0.2) is 44.5 Å². The minimum Gasteiger partial charge on any atom is -0.324 e. The summed E-state index contributed by atoms with van der Waals surface area (Å²) in [5.41, 5.74) is 2.53. The topological polar surface area (TPSA) is 76.3 Å². The molecule has 168 valence electrons. The standard InChI is InChI=1S/C24H28N4O3S/c1-3-27-23(30)19-6-4-5-7-21(19)28(24(27)31)16-22(29)25-20-14-18(9-8-17(20)2)15-26-10-12-32-13-11-26/h4-9,14H,3,10-13,15-16H2,1-2H3,(H,25,29). The van der Waals surface area contributed by atoms with Crippen molar-refractivity contribution < 1.29 is 4.79 Å². The van der Waals surface area contributed by atoms with Crippen LogP contribution in [0.5, 0.6) is 0 Å². The molecule has 4 rings (SSSR count). The number of anilines is 1. The molecule has 32 heavy (non-hydrogen) atoms. The van der Waals surface area contributed by atoms with Gasteiger partial charge in [0.1, 0.15) is 6.54 Å². The number of carbonyl (C=O) groups is 1. The number of para-hydroxylation sites is 1. The van der Waals surface area contributed by atoms with Gasteiger partial charge in [-0.3, -0.25) is 23.6 Å². The van der Waals surface area contributed by atoms with Gasteiger partial charge in [0.15, 0.2) is 0 Å². The van der Waals surface area contributed by atoms with Crippen molar-refractivity contribution in [2.45, 2.75) is 33.5 Å². The maximum atomic E-state index is 12.9. The van der Waals surface area contributed by atoms with Crippen molar-refractivity contribution in [2.24, 2.45) is 0 Å². The molecule has 1 saturated heterocycles. The molecule has 8 heteroatoms. The van der Waals surface area contributed by atoms with Gasteiger partial charge >= 0.3 is 5.69 Å². The Morgan fingerprint density at radius 1 is 1.06 bits per heavy atom. The van der Waals surface area contributed by atoms with Gasteiger partial charge in [-0.25, -0.2) is 4.79 Å². The molecule has 0 atom stereocenters. The molecular weight excluding hydrogens is 424 g/mol. The molecule has 3 aromatic rings. The SMILES string of the molecule is CCn1c(=O)c2ccccc2n(CC(=O)Nc2cc(CN3CCSCC3)ccc2C)c1=O. The molecule has 0 spiro atoms. The Hall–Kier alpha value is -2.84. The smallest absolute Gasteiger partial charge is 0.324 e. The molecule has 0 saturated carbocycles. The number of amides is 1. The van der Waals surface area contributed by atoms with Gasteiger partial charge in [-0.15, -0.1) is 0 Å². The molecule has 0 unspecified atom stereocenters. The van der Waals surface area contributed by atoms with Crippen molar-refractivity contribution in [2.75, 3.05) is 29.9 Å².